The number of rotatable bonds is 3. The summed E-state index contributed by atoms with van der Waals surface area (Å²) < 4.78 is 38.9. The summed E-state index contributed by atoms with van der Waals surface area (Å²) in [7, 11) is -4.66. The van der Waals surface area contributed by atoms with Gasteiger partial charge in [-0.3, -0.25) is 4.79 Å². The maximum atomic E-state index is 12.7. The molecule has 6 nitrogen and oxygen atoms in total. The second-order valence-corrected chi connectivity index (χ2v) is 5.16. The van der Waals surface area contributed by atoms with Crippen LogP contribution in [-0.2, 0) is 21.6 Å². The topological polar surface area (TPSA) is 80.5 Å². The summed E-state index contributed by atoms with van der Waals surface area (Å²) in [5, 5.41) is -1.26. The minimum absolute atomic E-state index is 0.116. The lowest BCUT2D eigenvalue weighted by atomic mass is 10.4. The molecule has 2 rings (SSSR count). The normalized spacial score (nSPS) is 21.7. The first-order valence-corrected chi connectivity index (χ1v) is 6.00. The van der Waals surface area contributed by atoms with Gasteiger partial charge in [0.15, 0.2) is 6.39 Å². The van der Waals surface area contributed by atoms with Crippen LogP contribution in [0.15, 0.2) is 17.0 Å². The number of halogens is 1. The summed E-state index contributed by atoms with van der Waals surface area (Å²) >= 11 is 0. The standard InChI is InChI=1S/C8H9FN2O4S/c9-16(13,14)7-1-8(12)11(4-7)3-6-2-10-5-15-6/h2,5,7H,1,3-4H2. The highest BCUT2D eigenvalue weighted by atomic mass is 32.3. The van der Waals surface area contributed by atoms with Gasteiger partial charge in [-0.15, -0.1) is 3.89 Å². The van der Waals surface area contributed by atoms with E-state index in [0.717, 1.165) is 0 Å². The van der Waals surface area contributed by atoms with Gasteiger partial charge in [-0.2, -0.15) is 8.42 Å². The largest absolute Gasteiger partial charge is 0.447 e. The van der Waals surface area contributed by atoms with Crippen LogP contribution in [0, 0.1) is 0 Å². The number of carbonyl (C=O) groups is 1. The van der Waals surface area contributed by atoms with E-state index >= 15 is 0 Å². The third-order valence-corrected chi connectivity index (χ3v) is 3.52. The molecule has 1 aromatic heterocycles. The van der Waals surface area contributed by atoms with Gasteiger partial charge < -0.3 is 9.32 Å². The molecule has 16 heavy (non-hydrogen) atoms. The molecule has 0 N–H and O–H groups in total. The molecule has 0 aromatic carbocycles. The Morgan fingerprint density at radius 1 is 1.62 bits per heavy atom. The van der Waals surface area contributed by atoms with Crippen molar-refractivity contribution in [1.29, 1.82) is 0 Å². The lowest BCUT2D eigenvalue weighted by Gasteiger charge is -2.13. The van der Waals surface area contributed by atoms with E-state index in [9.17, 15) is 17.1 Å². The van der Waals surface area contributed by atoms with Gasteiger partial charge in [0.25, 0.3) is 0 Å². The fraction of sp³-hybridized carbons (Fsp3) is 0.500. The SMILES string of the molecule is O=C1CC(S(=O)(=O)F)CN1Cc1cnco1. The van der Waals surface area contributed by atoms with Crippen molar-refractivity contribution in [2.45, 2.75) is 18.2 Å². The Bertz CT molecular complexity index is 484. The summed E-state index contributed by atoms with van der Waals surface area (Å²) in [6.45, 7) is -0.0246. The smallest absolute Gasteiger partial charge is 0.307 e. The number of carbonyl (C=O) groups excluding carboxylic acids is 1. The van der Waals surface area contributed by atoms with Crippen molar-refractivity contribution < 1.29 is 21.5 Å². The highest BCUT2D eigenvalue weighted by Gasteiger charge is 2.38. The van der Waals surface area contributed by atoms with Gasteiger partial charge >= 0.3 is 10.2 Å². The Balaban J connectivity index is 2.06. The number of aromatic nitrogens is 1. The maximum absolute atomic E-state index is 12.7. The number of nitrogens with zero attached hydrogens (tertiary/aromatic N) is 2. The third kappa shape index (κ3) is 2.21. The highest BCUT2D eigenvalue weighted by molar-refractivity contribution is 7.87. The Kier molecular flexibility index (Phi) is 2.66. The summed E-state index contributed by atoms with van der Waals surface area (Å²) in [4.78, 5) is 16.3. The second-order valence-electron chi connectivity index (χ2n) is 3.54. The fourth-order valence-corrected chi connectivity index (χ4v) is 2.29. The van der Waals surface area contributed by atoms with Gasteiger partial charge in [0, 0.05) is 13.0 Å². The molecule has 1 fully saturated rings. The Morgan fingerprint density at radius 2 is 2.38 bits per heavy atom. The predicted molar refractivity (Wildman–Crippen MR) is 50.4 cm³/mol. The minimum atomic E-state index is -4.66. The zero-order valence-electron chi connectivity index (χ0n) is 8.17. The third-order valence-electron chi connectivity index (χ3n) is 2.41. The van der Waals surface area contributed by atoms with Crippen LogP contribution in [-0.4, -0.2) is 36.0 Å². The van der Waals surface area contributed by atoms with Crippen LogP contribution in [0.25, 0.3) is 0 Å². The van der Waals surface area contributed by atoms with E-state index in [0.29, 0.717) is 5.76 Å². The Morgan fingerprint density at radius 3 is 2.88 bits per heavy atom. The van der Waals surface area contributed by atoms with Crippen molar-refractivity contribution in [3.8, 4) is 0 Å². The van der Waals surface area contributed by atoms with Crippen LogP contribution in [0.1, 0.15) is 12.2 Å². The molecule has 1 atom stereocenters. The molecule has 0 aliphatic carbocycles. The van der Waals surface area contributed by atoms with Gasteiger partial charge in [-0.1, -0.05) is 0 Å². The molecule has 1 saturated heterocycles. The number of likely N-dealkylation sites (tertiary alicyclic amines) is 1. The van der Waals surface area contributed by atoms with Gasteiger partial charge in [-0.25, -0.2) is 4.98 Å². The van der Waals surface area contributed by atoms with E-state index in [1.165, 1.54) is 17.5 Å². The Hall–Kier alpha value is -1.44. The van der Waals surface area contributed by atoms with Crippen molar-refractivity contribution in [2.24, 2.45) is 0 Å². The molecule has 0 bridgehead atoms. The quantitative estimate of drug-likeness (QED) is 0.707. The van der Waals surface area contributed by atoms with Crippen molar-refractivity contribution in [1.82, 2.24) is 9.88 Å². The lowest BCUT2D eigenvalue weighted by Crippen LogP contribution is -2.26. The fourth-order valence-electron chi connectivity index (χ4n) is 1.59. The molecule has 1 aliphatic heterocycles. The van der Waals surface area contributed by atoms with Crippen molar-refractivity contribution in [3.63, 3.8) is 0 Å². The van der Waals surface area contributed by atoms with Crippen molar-refractivity contribution >= 4 is 16.1 Å². The first kappa shape index (κ1) is 11.1. The van der Waals surface area contributed by atoms with E-state index in [2.05, 4.69) is 4.98 Å². The molecule has 1 amide bonds. The molecule has 2 heterocycles. The molecule has 1 unspecified atom stereocenters. The summed E-state index contributed by atoms with van der Waals surface area (Å²) in [5.41, 5.74) is 0. The van der Waals surface area contributed by atoms with E-state index < -0.39 is 21.4 Å². The van der Waals surface area contributed by atoms with Crippen molar-refractivity contribution in [2.75, 3.05) is 6.54 Å². The van der Waals surface area contributed by atoms with E-state index in [1.807, 2.05) is 0 Å². The minimum Gasteiger partial charge on any atom is -0.447 e. The molecule has 0 saturated carbocycles. The average Bonchev–Trinajstić information content (AvgIpc) is 2.76. The molecule has 0 radical (unpaired) electrons. The number of oxazole rings is 1. The van der Waals surface area contributed by atoms with Gasteiger partial charge in [0.05, 0.1) is 12.7 Å². The van der Waals surface area contributed by atoms with Crippen LogP contribution < -0.4 is 0 Å². The molecular formula is C8H9FN2O4S. The molecule has 1 aliphatic rings. The second kappa shape index (κ2) is 3.85. The first-order valence-electron chi connectivity index (χ1n) is 4.55. The number of hydrogen-bond donors (Lipinski definition) is 0. The number of hydrogen-bond acceptors (Lipinski definition) is 5. The van der Waals surface area contributed by atoms with Crippen LogP contribution in [0.5, 0.6) is 0 Å². The Labute approximate surface area is 91.3 Å². The zero-order valence-corrected chi connectivity index (χ0v) is 8.98. The average molecular weight is 248 g/mol. The molecule has 1 aromatic rings. The summed E-state index contributed by atoms with van der Waals surface area (Å²) in [5.74, 6) is 0.0351. The van der Waals surface area contributed by atoms with Gasteiger partial charge in [-0.05, 0) is 0 Å². The highest BCUT2D eigenvalue weighted by Crippen LogP contribution is 2.21. The number of amides is 1. The van der Waals surface area contributed by atoms with Gasteiger partial charge in [0.1, 0.15) is 11.0 Å². The van der Waals surface area contributed by atoms with Crippen molar-refractivity contribution in [3.05, 3.63) is 18.4 Å². The van der Waals surface area contributed by atoms with E-state index in [4.69, 9.17) is 4.42 Å². The molecule has 0 spiro atoms. The predicted octanol–water partition coefficient (Wildman–Crippen LogP) is 0.0748. The van der Waals surface area contributed by atoms with Gasteiger partial charge in [0.2, 0.25) is 5.91 Å². The summed E-state index contributed by atoms with van der Waals surface area (Å²) in [6.07, 6.45) is 2.32. The van der Waals surface area contributed by atoms with Crippen LogP contribution in [0.3, 0.4) is 0 Å². The molecule has 88 valence electrons. The summed E-state index contributed by atoms with van der Waals surface area (Å²) in [6, 6.07) is 0. The maximum Gasteiger partial charge on any atom is 0.307 e. The van der Waals surface area contributed by atoms with Crippen LogP contribution >= 0.6 is 0 Å². The molecular weight excluding hydrogens is 239 g/mol. The zero-order chi connectivity index (χ0) is 11.8. The van der Waals surface area contributed by atoms with Crippen LogP contribution in [0.4, 0.5) is 3.89 Å². The van der Waals surface area contributed by atoms with Crippen LogP contribution in [0.2, 0.25) is 0 Å². The van der Waals surface area contributed by atoms with E-state index in [1.54, 1.807) is 0 Å². The van der Waals surface area contributed by atoms with E-state index in [-0.39, 0.29) is 19.5 Å². The first-order chi connectivity index (χ1) is 7.47. The molecule has 8 heteroatoms. The monoisotopic (exact) mass is 248 g/mol. The lowest BCUT2D eigenvalue weighted by molar-refractivity contribution is -0.128.